The minimum atomic E-state index is -4.01. The van der Waals surface area contributed by atoms with Crippen LogP contribution in [0, 0.1) is 41.5 Å². The molecule has 1 amide bonds. The van der Waals surface area contributed by atoms with Crippen LogP contribution in [0.5, 0.6) is 0 Å². The topological polar surface area (TPSA) is 147 Å². The number of carbonyl (C=O) groups is 1. The summed E-state index contributed by atoms with van der Waals surface area (Å²) in [6, 6.07) is 13.7. The molecule has 0 aliphatic carbocycles. The minimum absolute atomic E-state index is 0.0279. The monoisotopic (exact) mass is 582 g/mol. The van der Waals surface area contributed by atoms with Gasteiger partial charge in [-0.2, -0.15) is 0 Å². The molecule has 1 aromatic heterocycles. The first-order chi connectivity index (χ1) is 18.7. The lowest BCUT2D eigenvalue weighted by Gasteiger charge is -2.18. The molecule has 210 valence electrons. The summed E-state index contributed by atoms with van der Waals surface area (Å²) in [7, 11) is -7.97. The number of nitrogens with zero attached hydrogens (tertiary/aromatic N) is 1. The van der Waals surface area contributed by atoms with E-state index in [0.717, 1.165) is 11.1 Å². The molecule has 0 aliphatic heterocycles. The third kappa shape index (κ3) is 5.73. The van der Waals surface area contributed by atoms with Gasteiger partial charge in [-0.1, -0.05) is 23.4 Å². The molecule has 0 radical (unpaired) electrons. The number of aromatic nitrogens is 1. The van der Waals surface area contributed by atoms with Crippen LogP contribution in [-0.4, -0.2) is 27.9 Å². The van der Waals surface area contributed by atoms with Gasteiger partial charge >= 0.3 is 0 Å². The Balaban J connectivity index is 1.55. The fraction of sp³-hybridized carbons (Fsp3) is 0.214. The van der Waals surface area contributed by atoms with Gasteiger partial charge in [0.15, 0.2) is 0 Å². The molecule has 0 bridgehead atoms. The number of nitrogens with one attached hydrogen (secondary N) is 3. The lowest BCUT2D eigenvalue weighted by Crippen LogP contribution is -2.20. The fourth-order valence-electron chi connectivity index (χ4n) is 4.16. The second kappa shape index (κ2) is 10.8. The van der Waals surface area contributed by atoms with Gasteiger partial charge in [-0.3, -0.25) is 9.52 Å². The first-order valence-electron chi connectivity index (χ1n) is 12.3. The van der Waals surface area contributed by atoms with E-state index in [4.69, 9.17) is 4.52 Å². The maximum Gasteiger partial charge on any atom is 0.264 e. The van der Waals surface area contributed by atoms with Gasteiger partial charge in [0.05, 0.1) is 26.7 Å². The van der Waals surface area contributed by atoms with Crippen LogP contribution >= 0.6 is 0 Å². The van der Waals surface area contributed by atoms with Crippen LogP contribution in [0.3, 0.4) is 0 Å². The lowest BCUT2D eigenvalue weighted by atomic mass is 10.0. The summed E-state index contributed by atoms with van der Waals surface area (Å²) in [6.45, 7) is 10.6. The van der Waals surface area contributed by atoms with Crippen LogP contribution in [0.2, 0.25) is 0 Å². The van der Waals surface area contributed by atoms with Crippen LogP contribution in [0.4, 0.5) is 17.3 Å². The van der Waals surface area contributed by atoms with Crippen molar-refractivity contribution in [1.29, 1.82) is 0 Å². The molecule has 0 saturated heterocycles. The zero-order chi connectivity index (χ0) is 29.4. The average molecular weight is 583 g/mol. The summed E-state index contributed by atoms with van der Waals surface area (Å²) in [5.41, 5.74) is 4.63. The molecule has 4 rings (SSSR count). The van der Waals surface area contributed by atoms with Gasteiger partial charge in [-0.05, 0) is 100 Å². The van der Waals surface area contributed by atoms with E-state index in [1.807, 2.05) is 19.9 Å². The summed E-state index contributed by atoms with van der Waals surface area (Å²) in [5, 5.41) is 6.43. The Bertz CT molecular complexity index is 1800. The molecule has 3 aromatic carbocycles. The molecule has 0 atom stereocenters. The number of amides is 1. The highest BCUT2D eigenvalue weighted by atomic mass is 32.2. The second-order valence-electron chi connectivity index (χ2n) is 9.55. The highest BCUT2D eigenvalue weighted by Gasteiger charge is 2.24. The first-order valence-corrected chi connectivity index (χ1v) is 15.2. The molecule has 40 heavy (non-hydrogen) atoms. The first kappa shape index (κ1) is 28.8. The quantitative estimate of drug-likeness (QED) is 0.253. The molecule has 0 unspecified atom stereocenters. The minimum Gasteiger partial charge on any atom is -0.337 e. The smallest absolute Gasteiger partial charge is 0.264 e. The predicted octanol–water partition coefficient (Wildman–Crippen LogP) is 5.38. The van der Waals surface area contributed by atoms with Crippen molar-refractivity contribution in [3.8, 4) is 0 Å². The summed E-state index contributed by atoms with van der Waals surface area (Å²) in [5.74, 6) is -0.547. The Hall–Kier alpha value is -4.16. The number of rotatable bonds is 8. The molecule has 0 aliphatic rings. The van der Waals surface area contributed by atoms with Crippen molar-refractivity contribution in [2.75, 3.05) is 14.8 Å². The van der Waals surface area contributed by atoms with Crippen molar-refractivity contribution in [1.82, 2.24) is 5.16 Å². The fourth-order valence-corrected chi connectivity index (χ4v) is 6.90. The number of carbonyl (C=O) groups excluding carboxylic acids is 1. The normalized spacial score (nSPS) is 11.8. The number of benzene rings is 3. The van der Waals surface area contributed by atoms with Crippen LogP contribution in [-0.2, 0) is 20.0 Å². The summed E-state index contributed by atoms with van der Waals surface area (Å²) in [6.07, 6.45) is 0. The van der Waals surface area contributed by atoms with E-state index < -0.39 is 26.0 Å². The number of anilines is 3. The zero-order valence-corrected chi connectivity index (χ0v) is 24.5. The number of hydrogen-bond acceptors (Lipinski definition) is 7. The van der Waals surface area contributed by atoms with Crippen LogP contribution in [0.15, 0.2) is 68.9 Å². The average Bonchev–Trinajstić information content (AvgIpc) is 3.19. The molecule has 1 heterocycles. The summed E-state index contributed by atoms with van der Waals surface area (Å²) < 4.78 is 62.4. The molecular formula is C28H30N4O6S2. The number of para-hydroxylation sites is 1. The van der Waals surface area contributed by atoms with Gasteiger partial charge in [-0.15, -0.1) is 0 Å². The van der Waals surface area contributed by atoms with Crippen molar-refractivity contribution in [3.63, 3.8) is 0 Å². The van der Waals surface area contributed by atoms with E-state index in [9.17, 15) is 21.6 Å². The van der Waals surface area contributed by atoms with E-state index >= 15 is 0 Å². The number of hydrogen-bond donors (Lipinski definition) is 3. The van der Waals surface area contributed by atoms with Crippen molar-refractivity contribution in [3.05, 3.63) is 93.7 Å². The molecule has 0 fully saturated rings. The maximum absolute atomic E-state index is 13.4. The molecule has 4 aromatic rings. The predicted molar refractivity (Wildman–Crippen MR) is 154 cm³/mol. The molecular weight excluding hydrogens is 552 g/mol. The van der Waals surface area contributed by atoms with E-state index in [-0.39, 0.29) is 26.9 Å². The van der Waals surface area contributed by atoms with Crippen molar-refractivity contribution in [2.24, 2.45) is 0 Å². The lowest BCUT2D eigenvalue weighted by molar-refractivity contribution is 0.102. The molecule has 3 N–H and O–H groups in total. The molecule has 0 saturated carbocycles. The van der Waals surface area contributed by atoms with Gasteiger partial charge in [0.2, 0.25) is 5.88 Å². The number of aryl methyl sites for hydroxylation is 3. The van der Waals surface area contributed by atoms with Gasteiger partial charge in [0.25, 0.3) is 26.0 Å². The standard InChI is InChI=1S/C28H30N4O6S2/c1-16-15-17(2)19(4)26(18(16)3)40(36,37)31-25-10-8-7-9-24(25)27(33)29-22-11-13-23(14-12-22)39(34,35)32-28-20(5)21(6)30-38-28/h7-15,31-32H,1-6H3,(H,29,33). The largest absolute Gasteiger partial charge is 0.337 e. The van der Waals surface area contributed by atoms with E-state index in [2.05, 4.69) is 19.9 Å². The van der Waals surface area contributed by atoms with Crippen LogP contribution < -0.4 is 14.8 Å². The Morgan fingerprint density at radius 2 is 1.35 bits per heavy atom. The summed E-state index contributed by atoms with van der Waals surface area (Å²) in [4.78, 5) is 13.3. The summed E-state index contributed by atoms with van der Waals surface area (Å²) >= 11 is 0. The highest BCUT2D eigenvalue weighted by molar-refractivity contribution is 7.93. The van der Waals surface area contributed by atoms with Crippen LogP contribution in [0.1, 0.15) is 43.9 Å². The number of sulfonamides is 2. The SMILES string of the molecule is Cc1cc(C)c(C)c(S(=O)(=O)Nc2ccccc2C(=O)Nc2ccc(S(=O)(=O)Nc3onc(C)c3C)cc2)c1C. The van der Waals surface area contributed by atoms with E-state index in [0.29, 0.717) is 28.1 Å². The van der Waals surface area contributed by atoms with Crippen molar-refractivity contribution in [2.45, 2.75) is 51.3 Å². The van der Waals surface area contributed by atoms with Crippen LogP contribution in [0.25, 0.3) is 0 Å². The highest BCUT2D eigenvalue weighted by Crippen LogP contribution is 2.29. The molecule has 10 nitrogen and oxygen atoms in total. The Morgan fingerprint density at radius 1 is 0.750 bits per heavy atom. The van der Waals surface area contributed by atoms with E-state index in [1.54, 1.807) is 39.8 Å². The Morgan fingerprint density at radius 3 is 1.93 bits per heavy atom. The molecule has 12 heteroatoms. The Kier molecular flexibility index (Phi) is 7.77. The van der Waals surface area contributed by atoms with Crippen molar-refractivity contribution >= 4 is 43.2 Å². The zero-order valence-electron chi connectivity index (χ0n) is 22.9. The van der Waals surface area contributed by atoms with Gasteiger partial charge in [0, 0.05) is 11.3 Å². The third-order valence-electron chi connectivity index (χ3n) is 6.79. The van der Waals surface area contributed by atoms with Gasteiger partial charge in [0.1, 0.15) is 0 Å². The van der Waals surface area contributed by atoms with E-state index in [1.165, 1.54) is 36.4 Å². The van der Waals surface area contributed by atoms with Crippen molar-refractivity contribution < 1.29 is 26.2 Å². The maximum atomic E-state index is 13.4. The Labute approximate surface area is 233 Å². The second-order valence-corrected chi connectivity index (χ2v) is 12.8. The van der Waals surface area contributed by atoms with Gasteiger partial charge in [-0.25, -0.2) is 21.6 Å². The third-order valence-corrected chi connectivity index (χ3v) is 9.77. The molecule has 0 spiro atoms. The van der Waals surface area contributed by atoms with Gasteiger partial charge < -0.3 is 9.84 Å².